The van der Waals surface area contributed by atoms with Crippen molar-refractivity contribution in [1.82, 2.24) is 10.3 Å². The van der Waals surface area contributed by atoms with Gasteiger partial charge in [0.05, 0.1) is 10.0 Å². The number of rotatable bonds is 4. The van der Waals surface area contributed by atoms with Gasteiger partial charge in [-0.3, -0.25) is 4.79 Å². The Bertz CT molecular complexity index is 471. The number of nitrogens with one attached hydrogen (secondary N) is 3. The molecule has 1 amide bonds. The quantitative estimate of drug-likeness (QED) is 0.799. The fourth-order valence-electron chi connectivity index (χ4n) is 1.91. The van der Waals surface area contributed by atoms with Crippen molar-refractivity contribution in [2.24, 2.45) is 0 Å². The number of carbonyl (C=O) groups is 1. The van der Waals surface area contributed by atoms with Gasteiger partial charge in [0.1, 0.15) is 11.6 Å². The second kappa shape index (κ2) is 6.30. The Hall–Kier alpha value is -1.20. The van der Waals surface area contributed by atoms with Gasteiger partial charge in [-0.15, -0.1) is 0 Å². The summed E-state index contributed by atoms with van der Waals surface area (Å²) in [6.07, 6.45) is 1.28. The van der Waals surface area contributed by atoms with Gasteiger partial charge in [-0.25, -0.2) is 4.98 Å². The summed E-state index contributed by atoms with van der Waals surface area (Å²) in [5, 5.41) is 10.1. The third-order valence-electron chi connectivity index (χ3n) is 2.88. The zero-order valence-corrected chi connectivity index (χ0v) is 12.1. The minimum absolute atomic E-state index is 0.0848. The number of anilines is 2. The van der Waals surface area contributed by atoms with E-state index >= 15 is 0 Å². The lowest BCUT2D eigenvalue weighted by Gasteiger charge is -2.24. The van der Waals surface area contributed by atoms with Crippen LogP contribution in [-0.4, -0.2) is 30.0 Å². The molecule has 7 heteroatoms. The fourth-order valence-corrected chi connectivity index (χ4v) is 2.39. The SMILES string of the molecule is CCNc1nc(NC2CCC(=O)NC2)c(Cl)cc1Cl. The molecule has 19 heavy (non-hydrogen) atoms. The molecular formula is C12H16Cl2N4O. The van der Waals surface area contributed by atoms with Gasteiger partial charge < -0.3 is 16.0 Å². The Balaban J connectivity index is 2.10. The first-order valence-corrected chi connectivity index (χ1v) is 6.99. The van der Waals surface area contributed by atoms with E-state index in [-0.39, 0.29) is 11.9 Å². The van der Waals surface area contributed by atoms with Crippen LogP contribution >= 0.6 is 23.2 Å². The van der Waals surface area contributed by atoms with Crippen molar-refractivity contribution in [1.29, 1.82) is 0 Å². The lowest BCUT2D eigenvalue weighted by atomic mass is 10.1. The van der Waals surface area contributed by atoms with E-state index < -0.39 is 0 Å². The molecule has 1 aromatic rings. The molecule has 0 radical (unpaired) electrons. The van der Waals surface area contributed by atoms with Crippen LogP contribution in [0.25, 0.3) is 0 Å². The van der Waals surface area contributed by atoms with Crippen molar-refractivity contribution in [2.75, 3.05) is 23.7 Å². The highest BCUT2D eigenvalue weighted by Crippen LogP contribution is 2.29. The van der Waals surface area contributed by atoms with Crippen LogP contribution < -0.4 is 16.0 Å². The molecule has 1 aliphatic heterocycles. The molecule has 0 spiro atoms. The first kappa shape index (κ1) is 14.2. The third kappa shape index (κ3) is 3.64. The van der Waals surface area contributed by atoms with E-state index in [2.05, 4.69) is 20.9 Å². The highest BCUT2D eigenvalue weighted by molar-refractivity contribution is 6.37. The molecule has 1 aliphatic rings. The van der Waals surface area contributed by atoms with E-state index in [1.165, 1.54) is 0 Å². The third-order valence-corrected chi connectivity index (χ3v) is 3.46. The van der Waals surface area contributed by atoms with Gasteiger partial charge >= 0.3 is 0 Å². The molecule has 2 rings (SSSR count). The Morgan fingerprint density at radius 3 is 2.79 bits per heavy atom. The van der Waals surface area contributed by atoms with E-state index in [1.807, 2.05) is 6.92 Å². The molecule has 0 aliphatic carbocycles. The molecule has 0 aromatic carbocycles. The minimum atomic E-state index is 0.0848. The number of amides is 1. The van der Waals surface area contributed by atoms with E-state index in [1.54, 1.807) is 6.07 Å². The Morgan fingerprint density at radius 1 is 1.42 bits per heavy atom. The maximum absolute atomic E-state index is 11.1. The fraction of sp³-hybridized carbons (Fsp3) is 0.500. The van der Waals surface area contributed by atoms with Gasteiger partial charge in [0.2, 0.25) is 5.91 Å². The van der Waals surface area contributed by atoms with Gasteiger partial charge in [0, 0.05) is 25.6 Å². The summed E-state index contributed by atoms with van der Waals surface area (Å²) >= 11 is 12.2. The Morgan fingerprint density at radius 2 is 2.16 bits per heavy atom. The summed E-state index contributed by atoms with van der Waals surface area (Å²) in [5.41, 5.74) is 0. The average molecular weight is 303 g/mol. The van der Waals surface area contributed by atoms with Gasteiger partial charge in [-0.1, -0.05) is 23.2 Å². The summed E-state index contributed by atoms with van der Waals surface area (Å²) in [5.74, 6) is 1.28. The standard InChI is InChI=1S/C12H16Cl2N4O/c1-2-15-11-8(13)5-9(14)12(18-11)17-7-3-4-10(19)16-6-7/h5,7H,2-4,6H2,1H3,(H,16,19)(H2,15,17,18). The summed E-state index contributed by atoms with van der Waals surface area (Å²) in [6, 6.07) is 1.80. The number of nitrogens with zero attached hydrogens (tertiary/aromatic N) is 1. The van der Waals surface area contributed by atoms with Gasteiger partial charge in [0.25, 0.3) is 0 Å². The van der Waals surface area contributed by atoms with E-state index in [9.17, 15) is 4.79 Å². The highest BCUT2D eigenvalue weighted by atomic mass is 35.5. The maximum Gasteiger partial charge on any atom is 0.220 e. The van der Waals surface area contributed by atoms with Crippen molar-refractivity contribution in [3.8, 4) is 0 Å². The zero-order valence-electron chi connectivity index (χ0n) is 10.6. The summed E-state index contributed by atoms with van der Waals surface area (Å²) in [6.45, 7) is 3.28. The first-order chi connectivity index (χ1) is 9.10. The number of pyridine rings is 1. The van der Waals surface area contributed by atoms with Crippen LogP contribution in [0.4, 0.5) is 11.6 Å². The van der Waals surface area contributed by atoms with Crippen LogP contribution in [0.2, 0.25) is 10.0 Å². The molecule has 1 atom stereocenters. The Labute approximate surface area is 122 Å². The van der Waals surface area contributed by atoms with Crippen molar-refractivity contribution in [2.45, 2.75) is 25.8 Å². The number of hydrogen-bond donors (Lipinski definition) is 3. The molecule has 0 bridgehead atoms. The van der Waals surface area contributed by atoms with Crippen molar-refractivity contribution in [3.05, 3.63) is 16.1 Å². The monoisotopic (exact) mass is 302 g/mol. The highest BCUT2D eigenvalue weighted by Gasteiger charge is 2.19. The molecule has 3 N–H and O–H groups in total. The smallest absolute Gasteiger partial charge is 0.220 e. The second-order valence-corrected chi connectivity index (χ2v) is 5.18. The lowest BCUT2D eigenvalue weighted by Crippen LogP contribution is -2.42. The van der Waals surface area contributed by atoms with E-state index in [4.69, 9.17) is 23.2 Å². The second-order valence-electron chi connectivity index (χ2n) is 4.36. The lowest BCUT2D eigenvalue weighted by molar-refractivity contribution is -0.122. The summed E-state index contributed by atoms with van der Waals surface area (Å²) < 4.78 is 0. The zero-order chi connectivity index (χ0) is 13.8. The number of piperidine rings is 1. The molecule has 1 unspecified atom stereocenters. The van der Waals surface area contributed by atoms with E-state index in [0.29, 0.717) is 34.6 Å². The summed E-state index contributed by atoms with van der Waals surface area (Å²) in [4.78, 5) is 15.5. The number of hydrogen-bond acceptors (Lipinski definition) is 4. The largest absolute Gasteiger partial charge is 0.369 e. The molecule has 1 fully saturated rings. The van der Waals surface area contributed by atoms with Crippen LogP contribution in [0, 0.1) is 0 Å². The minimum Gasteiger partial charge on any atom is -0.369 e. The molecule has 104 valence electrons. The molecule has 1 aromatic heterocycles. The van der Waals surface area contributed by atoms with Crippen LogP contribution in [0.1, 0.15) is 19.8 Å². The number of carbonyl (C=O) groups excluding carboxylic acids is 1. The van der Waals surface area contributed by atoms with Crippen LogP contribution in [0.5, 0.6) is 0 Å². The van der Waals surface area contributed by atoms with Gasteiger partial charge in [0.15, 0.2) is 0 Å². The van der Waals surface area contributed by atoms with Crippen molar-refractivity contribution >= 4 is 40.7 Å². The molecule has 0 saturated carbocycles. The predicted molar refractivity (Wildman–Crippen MR) is 78.1 cm³/mol. The van der Waals surface area contributed by atoms with Crippen molar-refractivity contribution < 1.29 is 4.79 Å². The average Bonchev–Trinajstić information content (AvgIpc) is 2.38. The van der Waals surface area contributed by atoms with Crippen LogP contribution in [0.15, 0.2) is 6.07 Å². The molecule has 1 saturated heterocycles. The van der Waals surface area contributed by atoms with E-state index in [0.717, 1.165) is 13.0 Å². The molecular weight excluding hydrogens is 287 g/mol. The van der Waals surface area contributed by atoms with Gasteiger partial charge in [-0.05, 0) is 19.4 Å². The number of halogens is 2. The normalized spacial score (nSPS) is 18.9. The molecule has 5 nitrogen and oxygen atoms in total. The first-order valence-electron chi connectivity index (χ1n) is 6.23. The van der Waals surface area contributed by atoms with Gasteiger partial charge in [-0.2, -0.15) is 0 Å². The maximum atomic E-state index is 11.1. The number of aromatic nitrogens is 1. The summed E-state index contributed by atoms with van der Waals surface area (Å²) in [7, 11) is 0. The van der Waals surface area contributed by atoms with Crippen LogP contribution in [-0.2, 0) is 4.79 Å². The topological polar surface area (TPSA) is 66.0 Å². The van der Waals surface area contributed by atoms with Crippen LogP contribution in [0.3, 0.4) is 0 Å². The molecule has 2 heterocycles. The Kier molecular flexibility index (Phi) is 4.71. The predicted octanol–water partition coefficient (Wildman–Crippen LogP) is 2.51. The van der Waals surface area contributed by atoms with Crippen molar-refractivity contribution in [3.63, 3.8) is 0 Å².